The summed E-state index contributed by atoms with van der Waals surface area (Å²) >= 11 is 1.20. The van der Waals surface area contributed by atoms with Crippen molar-refractivity contribution >= 4 is 21.4 Å². The molecule has 0 aliphatic heterocycles. The van der Waals surface area contributed by atoms with E-state index < -0.39 is 10.0 Å². The first kappa shape index (κ1) is 13.0. The lowest BCUT2D eigenvalue weighted by Gasteiger charge is -2.27. The number of thiophene rings is 1. The number of aliphatic hydroxyl groups excluding tert-OH is 1. The number of hydrogen-bond acceptors (Lipinski definition) is 4. The van der Waals surface area contributed by atoms with Crippen molar-refractivity contribution in [2.45, 2.75) is 36.0 Å². The van der Waals surface area contributed by atoms with Gasteiger partial charge in [0.25, 0.3) is 0 Å². The lowest BCUT2D eigenvalue weighted by molar-refractivity contribution is 0.0724. The molecule has 0 aromatic carbocycles. The molecule has 2 N–H and O–H groups in total. The van der Waals surface area contributed by atoms with Gasteiger partial charge in [-0.05, 0) is 30.2 Å². The summed E-state index contributed by atoms with van der Waals surface area (Å²) in [7, 11) is -3.38. The van der Waals surface area contributed by atoms with Gasteiger partial charge in [-0.2, -0.15) is 0 Å². The summed E-state index contributed by atoms with van der Waals surface area (Å²) in [4.78, 5) is 0. The van der Waals surface area contributed by atoms with Gasteiger partial charge in [-0.3, -0.25) is 0 Å². The van der Waals surface area contributed by atoms with Crippen LogP contribution in [0.15, 0.2) is 21.7 Å². The molecule has 2 atom stereocenters. The van der Waals surface area contributed by atoms with E-state index >= 15 is 0 Å². The maximum absolute atomic E-state index is 11.9. The van der Waals surface area contributed by atoms with Crippen LogP contribution in [0.1, 0.15) is 25.7 Å². The quantitative estimate of drug-likeness (QED) is 0.876. The molecule has 1 fully saturated rings. The van der Waals surface area contributed by atoms with Gasteiger partial charge < -0.3 is 5.11 Å². The SMILES string of the molecule is O=S(=O)(NCC1CCCCC1O)c1cccs1. The molecule has 1 aromatic rings. The summed E-state index contributed by atoms with van der Waals surface area (Å²) in [5, 5.41) is 11.5. The standard InChI is InChI=1S/C11H17NO3S2/c13-10-5-2-1-4-9(10)8-12-17(14,15)11-6-3-7-16-11/h3,6-7,9-10,12-13H,1-2,4-5,8H2. The highest BCUT2D eigenvalue weighted by molar-refractivity contribution is 7.91. The van der Waals surface area contributed by atoms with Gasteiger partial charge in [0.05, 0.1) is 6.10 Å². The van der Waals surface area contributed by atoms with Crippen LogP contribution in [-0.2, 0) is 10.0 Å². The Bertz CT molecular complexity index is 441. The van der Waals surface area contributed by atoms with Crippen LogP contribution in [0.4, 0.5) is 0 Å². The molecule has 2 unspecified atom stereocenters. The Labute approximate surface area is 106 Å². The lowest BCUT2D eigenvalue weighted by Crippen LogP contribution is -2.36. The molecule has 0 radical (unpaired) electrons. The minimum Gasteiger partial charge on any atom is -0.393 e. The number of nitrogens with one attached hydrogen (secondary N) is 1. The van der Waals surface area contributed by atoms with E-state index in [9.17, 15) is 13.5 Å². The lowest BCUT2D eigenvalue weighted by atomic mass is 9.87. The summed E-state index contributed by atoms with van der Waals surface area (Å²) in [6.45, 7) is 0.335. The van der Waals surface area contributed by atoms with E-state index in [0.717, 1.165) is 25.7 Å². The fourth-order valence-corrected chi connectivity index (χ4v) is 4.26. The molecule has 0 bridgehead atoms. The van der Waals surface area contributed by atoms with Gasteiger partial charge in [-0.25, -0.2) is 13.1 Å². The molecule has 17 heavy (non-hydrogen) atoms. The van der Waals surface area contributed by atoms with Crippen LogP contribution in [0, 0.1) is 5.92 Å². The zero-order valence-corrected chi connectivity index (χ0v) is 11.1. The Morgan fingerprint density at radius 1 is 1.41 bits per heavy atom. The van der Waals surface area contributed by atoms with Crippen molar-refractivity contribution in [2.75, 3.05) is 6.54 Å². The predicted molar refractivity (Wildman–Crippen MR) is 67.5 cm³/mol. The van der Waals surface area contributed by atoms with Gasteiger partial charge >= 0.3 is 0 Å². The van der Waals surface area contributed by atoms with Crippen LogP contribution in [0.25, 0.3) is 0 Å². The highest BCUT2D eigenvalue weighted by Crippen LogP contribution is 2.24. The molecule has 1 saturated carbocycles. The molecular weight excluding hydrogens is 258 g/mol. The number of sulfonamides is 1. The second-order valence-electron chi connectivity index (χ2n) is 4.40. The van der Waals surface area contributed by atoms with Gasteiger partial charge in [0, 0.05) is 6.54 Å². The van der Waals surface area contributed by atoms with E-state index in [0.29, 0.717) is 10.8 Å². The number of rotatable bonds is 4. The predicted octanol–water partition coefficient (Wildman–Crippen LogP) is 1.58. The van der Waals surface area contributed by atoms with Crippen LogP contribution < -0.4 is 4.72 Å². The molecule has 1 heterocycles. The highest BCUT2D eigenvalue weighted by atomic mass is 32.2. The molecule has 1 aliphatic carbocycles. The van der Waals surface area contributed by atoms with Crippen LogP contribution in [0.2, 0.25) is 0 Å². The number of hydrogen-bond donors (Lipinski definition) is 2. The Morgan fingerprint density at radius 2 is 2.18 bits per heavy atom. The fraction of sp³-hybridized carbons (Fsp3) is 0.636. The third kappa shape index (κ3) is 3.28. The third-order valence-electron chi connectivity index (χ3n) is 3.16. The maximum atomic E-state index is 11.9. The van der Waals surface area contributed by atoms with E-state index in [4.69, 9.17) is 0 Å². The number of aliphatic hydroxyl groups is 1. The van der Waals surface area contributed by atoms with E-state index in [2.05, 4.69) is 4.72 Å². The molecule has 1 aromatic heterocycles. The van der Waals surface area contributed by atoms with Crippen LogP contribution in [-0.4, -0.2) is 26.2 Å². The molecule has 0 amide bonds. The molecule has 0 spiro atoms. The van der Waals surface area contributed by atoms with E-state index in [-0.39, 0.29) is 12.0 Å². The third-order valence-corrected chi connectivity index (χ3v) is 5.99. The zero-order valence-electron chi connectivity index (χ0n) is 9.50. The normalized spacial score (nSPS) is 25.9. The van der Waals surface area contributed by atoms with Crippen molar-refractivity contribution in [1.29, 1.82) is 0 Å². The van der Waals surface area contributed by atoms with Gasteiger partial charge in [0.15, 0.2) is 0 Å². The van der Waals surface area contributed by atoms with Crippen LogP contribution in [0.5, 0.6) is 0 Å². The maximum Gasteiger partial charge on any atom is 0.250 e. The molecular formula is C11H17NO3S2. The van der Waals surface area contributed by atoms with Gasteiger partial charge in [0.1, 0.15) is 4.21 Å². The van der Waals surface area contributed by atoms with E-state index in [1.165, 1.54) is 11.3 Å². The van der Waals surface area contributed by atoms with Crippen molar-refractivity contribution in [3.8, 4) is 0 Å². The summed E-state index contributed by atoms with van der Waals surface area (Å²) < 4.78 is 26.6. The van der Waals surface area contributed by atoms with Crippen molar-refractivity contribution in [1.82, 2.24) is 4.72 Å². The first-order valence-corrected chi connectivity index (χ1v) is 8.17. The summed E-state index contributed by atoms with van der Waals surface area (Å²) in [6.07, 6.45) is 3.42. The fourth-order valence-electron chi connectivity index (χ4n) is 2.13. The molecule has 0 saturated heterocycles. The Kier molecular flexibility index (Phi) is 4.19. The topological polar surface area (TPSA) is 66.4 Å². The van der Waals surface area contributed by atoms with Crippen LogP contribution in [0.3, 0.4) is 0 Å². The van der Waals surface area contributed by atoms with Gasteiger partial charge in [0.2, 0.25) is 10.0 Å². The van der Waals surface area contributed by atoms with Crippen molar-refractivity contribution in [2.24, 2.45) is 5.92 Å². The van der Waals surface area contributed by atoms with Gasteiger partial charge in [-0.1, -0.05) is 18.9 Å². The molecule has 1 aliphatic rings. The summed E-state index contributed by atoms with van der Waals surface area (Å²) in [5.41, 5.74) is 0. The van der Waals surface area contributed by atoms with Crippen LogP contribution >= 0.6 is 11.3 Å². The Balaban J connectivity index is 1.93. The monoisotopic (exact) mass is 275 g/mol. The first-order valence-electron chi connectivity index (χ1n) is 5.81. The van der Waals surface area contributed by atoms with Crippen molar-refractivity contribution in [3.63, 3.8) is 0 Å². The van der Waals surface area contributed by atoms with Crippen molar-refractivity contribution < 1.29 is 13.5 Å². The zero-order chi connectivity index (χ0) is 12.3. The van der Waals surface area contributed by atoms with Gasteiger partial charge in [-0.15, -0.1) is 11.3 Å². The molecule has 96 valence electrons. The Morgan fingerprint density at radius 3 is 2.82 bits per heavy atom. The smallest absolute Gasteiger partial charge is 0.250 e. The average Bonchev–Trinajstić information content (AvgIpc) is 2.82. The average molecular weight is 275 g/mol. The summed E-state index contributed by atoms with van der Waals surface area (Å²) in [5.74, 6) is 0.0542. The summed E-state index contributed by atoms with van der Waals surface area (Å²) in [6, 6.07) is 3.30. The minimum absolute atomic E-state index is 0.0542. The first-order chi connectivity index (χ1) is 8.09. The highest BCUT2D eigenvalue weighted by Gasteiger charge is 2.25. The second-order valence-corrected chi connectivity index (χ2v) is 7.34. The largest absolute Gasteiger partial charge is 0.393 e. The molecule has 4 nitrogen and oxygen atoms in total. The van der Waals surface area contributed by atoms with E-state index in [1.807, 2.05) is 0 Å². The molecule has 6 heteroatoms. The van der Waals surface area contributed by atoms with Crippen molar-refractivity contribution in [3.05, 3.63) is 17.5 Å². The minimum atomic E-state index is -3.38. The van der Waals surface area contributed by atoms with E-state index in [1.54, 1.807) is 17.5 Å². The molecule has 2 rings (SSSR count). The second kappa shape index (κ2) is 5.48. The Hall–Kier alpha value is -0.430.